The Morgan fingerprint density at radius 3 is 2.30 bits per heavy atom. The standard InChI is InChI=1S/C16H22F3N/c17-16(18,19)15-10-6-5-9-14(15)12-20-11-13-7-3-1-2-4-8-13/h5-6,9-10,13,20H,1-4,7-8,11-12H2. The molecule has 0 amide bonds. The van der Waals surface area contributed by atoms with Crippen LogP contribution in [0, 0.1) is 5.92 Å². The van der Waals surface area contributed by atoms with Crippen LogP contribution >= 0.6 is 0 Å². The average Bonchev–Trinajstić information content (AvgIpc) is 2.67. The highest BCUT2D eigenvalue weighted by Crippen LogP contribution is 2.31. The molecule has 1 aromatic rings. The van der Waals surface area contributed by atoms with Crippen LogP contribution in [0.2, 0.25) is 0 Å². The molecule has 1 N–H and O–H groups in total. The van der Waals surface area contributed by atoms with E-state index in [1.165, 1.54) is 44.6 Å². The number of rotatable bonds is 4. The van der Waals surface area contributed by atoms with Crippen molar-refractivity contribution in [1.82, 2.24) is 5.32 Å². The molecule has 1 aliphatic carbocycles. The average molecular weight is 285 g/mol. The van der Waals surface area contributed by atoms with E-state index in [0.29, 0.717) is 18.0 Å². The van der Waals surface area contributed by atoms with E-state index >= 15 is 0 Å². The van der Waals surface area contributed by atoms with Crippen LogP contribution in [0.4, 0.5) is 13.2 Å². The quantitative estimate of drug-likeness (QED) is 0.786. The highest BCUT2D eigenvalue weighted by Gasteiger charge is 2.32. The number of hydrogen-bond donors (Lipinski definition) is 1. The first-order chi connectivity index (χ1) is 9.57. The molecule has 2 rings (SSSR count). The van der Waals surface area contributed by atoms with Gasteiger partial charge in [0.05, 0.1) is 5.56 Å². The maximum atomic E-state index is 12.9. The van der Waals surface area contributed by atoms with Crippen molar-refractivity contribution in [2.75, 3.05) is 6.54 Å². The van der Waals surface area contributed by atoms with Crippen molar-refractivity contribution in [2.24, 2.45) is 5.92 Å². The van der Waals surface area contributed by atoms with Crippen LogP contribution < -0.4 is 5.32 Å². The topological polar surface area (TPSA) is 12.0 Å². The first kappa shape index (κ1) is 15.4. The predicted octanol–water partition coefficient (Wildman–Crippen LogP) is 4.77. The largest absolute Gasteiger partial charge is 0.416 e. The summed E-state index contributed by atoms with van der Waals surface area (Å²) < 4.78 is 38.6. The van der Waals surface area contributed by atoms with E-state index in [4.69, 9.17) is 0 Å². The zero-order valence-electron chi connectivity index (χ0n) is 11.7. The molecule has 4 heteroatoms. The van der Waals surface area contributed by atoms with Gasteiger partial charge in [0, 0.05) is 6.54 Å². The van der Waals surface area contributed by atoms with Gasteiger partial charge in [0.1, 0.15) is 0 Å². The van der Waals surface area contributed by atoms with Gasteiger partial charge in [-0.15, -0.1) is 0 Å². The Kier molecular flexibility index (Phi) is 5.46. The second-order valence-electron chi connectivity index (χ2n) is 5.64. The lowest BCUT2D eigenvalue weighted by Gasteiger charge is -2.17. The van der Waals surface area contributed by atoms with Gasteiger partial charge in [-0.1, -0.05) is 43.9 Å². The van der Waals surface area contributed by atoms with Crippen molar-refractivity contribution in [2.45, 2.75) is 51.2 Å². The minimum atomic E-state index is -4.26. The van der Waals surface area contributed by atoms with E-state index in [1.54, 1.807) is 12.1 Å². The first-order valence-corrected chi connectivity index (χ1v) is 7.43. The number of hydrogen-bond acceptors (Lipinski definition) is 1. The Morgan fingerprint density at radius 1 is 1.00 bits per heavy atom. The summed E-state index contributed by atoms with van der Waals surface area (Å²) in [6.07, 6.45) is 3.25. The minimum Gasteiger partial charge on any atom is -0.312 e. The normalized spacial score (nSPS) is 17.9. The number of halogens is 3. The Labute approximate surface area is 118 Å². The molecule has 0 aliphatic heterocycles. The molecule has 1 fully saturated rings. The monoisotopic (exact) mass is 285 g/mol. The molecule has 0 atom stereocenters. The molecule has 112 valence electrons. The lowest BCUT2D eigenvalue weighted by molar-refractivity contribution is -0.138. The van der Waals surface area contributed by atoms with Crippen LogP contribution in [0.1, 0.15) is 49.7 Å². The van der Waals surface area contributed by atoms with E-state index in [2.05, 4.69) is 5.32 Å². The molecule has 0 aromatic heterocycles. The van der Waals surface area contributed by atoms with E-state index in [9.17, 15) is 13.2 Å². The van der Waals surface area contributed by atoms with Crippen molar-refractivity contribution in [1.29, 1.82) is 0 Å². The molecule has 0 saturated heterocycles. The minimum absolute atomic E-state index is 0.298. The zero-order valence-corrected chi connectivity index (χ0v) is 11.7. The Balaban J connectivity index is 1.87. The molecule has 20 heavy (non-hydrogen) atoms. The number of alkyl halides is 3. The van der Waals surface area contributed by atoms with Crippen molar-refractivity contribution >= 4 is 0 Å². The third kappa shape index (κ3) is 4.51. The summed E-state index contributed by atoms with van der Waals surface area (Å²) in [6.45, 7) is 1.12. The summed E-state index contributed by atoms with van der Waals surface area (Å²) in [5, 5.41) is 3.21. The molecular formula is C16H22F3N. The summed E-state index contributed by atoms with van der Waals surface area (Å²) in [6, 6.07) is 5.82. The van der Waals surface area contributed by atoms with Gasteiger partial charge < -0.3 is 5.32 Å². The third-order valence-corrected chi connectivity index (χ3v) is 4.05. The Bertz CT molecular complexity index is 406. The highest BCUT2D eigenvalue weighted by atomic mass is 19.4. The van der Waals surface area contributed by atoms with E-state index in [0.717, 1.165) is 12.6 Å². The van der Waals surface area contributed by atoms with Gasteiger partial charge in [-0.05, 0) is 36.9 Å². The summed E-state index contributed by atoms with van der Waals surface area (Å²) in [5.41, 5.74) is -0.179. The molecule has 1 nitrogen and oxygen atoms in total. The molecule has 0 radical (unpaired) electrons. The Morgan fingerprint density at radius 2 is 1.65 bits per heavy atom. The van der Waals surface area contributed by atoms with Gasteiger partial charge >= 0.3 is 6.18 Å². The van der Waals surface area contributed by atoms with Crippen molar-refractivity contribution < 1.29 is 13.2 Å². The highest BCUT2D eigenvalue weighted by molar-refractivity contribution is 5.29. The van der Waals surface area contributed by atoms with Gasteiger partial charge in [-0.2, -0.15) is 13.2 Å². The Hall–Kier alpha value is -1.03. The van der Waals surface area contributed by atoms with Gasteiger partial charge in [0.2, 0.25) is 0 Å². The fraction of sp³-hybridized carbons (Fsp3) is 0.625. The van der Waals surface area contributed by atoms with Gasteiger partial charge in [0.15, 0.2) is 0 Å². The summed E-state index contributed by atoms with van der Waals surface area (Å²) >= 11 is 0. The van der Waals surface area contributed by atoms with Crippen molar-refractivity contribution in [3.8, 4) is 0 Å². The maximum absolute atomic E-state index is 12.9. The van der Waals surface area contributed by atoms with Crippen LogP contribution in [0.25, 0.3) is 0 Å². The second-order valence-corrected chi connectivity index (χ2v) is 5.64. The second kappa shape index (κ2) is 7.11. The van der Waals surface area contributed by atoms with Crippen LogP contribution in [-0.2, 0) is 12.7 Å². The van der Waals surface area contributed by atoms with Crippen LogP contribution in [0.3, 0.4) is 0 Å². The molecule has 0 unspecified atom stereocenters. The summed E-state index contributed by atoms with van der Waals surface area (Å²) in [7, 11) is 0. The van der Waals surface area contributed by atoms with Crippen LogP contribution in [-0.4, -0.2) is 6.54 Å². The molecule has 1 saturated carbocycles. The molecular weight excluding hydrogens is 263 g/mol. The third-order valence-electron chi connectivity index (χ3n) is 4.05. The molecule has 1 aliphatic rings. The fourth-order valence-electron chi connectivity index (χ4n) is 2.93. The zero-order chi connectivity index (χ0) is 14.4. The van der Waals surface area contributed by atoms with Crippen LogP contribution in [0.5, 0.6) is 0 Å². The summed E-state index contributed by atoms with van der Waals surface area (Å²) in [5.74, 6) is 0.621. The van der Waals surface area contributed by atoms with Crippen molar-refractivity contribution in [3.63, 3.8) is 0 Å². The summed E-state index contributed by atoms with van der Waals surface area (Å²) in [4.78, 5) is 0. The SMILES string of the molecule is FC(F)(F)c1ccccc1CNCC1CCCCCC1. The molecule has 0 heterocycles. The van der Waals surface area contributed by atoms with Gasteiger partial charge in [-0.25, -0.2) is 0 Å². The van der Waals surface area contributed by atoms with Gasteiger partial charge in [-0.3, -0.25) is 0 Å². The molecule has 1 aromatic carbocycles. The number of nitrogens with one attached hydrogen (secondary N) is 1. The maximum Gasteiger partial charge on any atom is 0.416 e. The number of benzene rings is 1. The first-order valence-electron chi connectivity index (χ1n) is 7.43. The lowest BCUT2D eigenvalue weighted by atomic mass is 10.00. The van der Waals surface area contributed by atoms with Crippen LogP contribution in [0.15, 0.2) is 24.3 Å². The van der Waals surface area contributed by atoms with Crippen molar-refractivity contribution in [3.05, 3.63) is 35.4 Å². The molecule has 0 bridgehead atoms. The fourth-order valence-corrected chi connectivity index (χ4v) is 2.93. The molecule has 0 spiro atoms. The lowest BCUT2D eigenvalue weighted by Crippen LogP contribution is -2.23. The smallest absolute Gasteiger partial charge is 0.312 e. The predicted molar refractivity (Wildman–Crippen MR) is 74.3 cm³/mol. The van der Waals surface area contributed by atoms with Gasteiger partial charge in [0.25, 0.3) is 0 Å². The van der Waals surface area contributed by atoms with E-state index in [1.807, 2.05) is 0 Å². The van der Waals surface area contributed by atoms with E-state index in [-0.39, 0.29) is 0 Å². The van der Waals surface area contributed by atoms with E-state index < -0.39 is 11.7 Å².